The average Bonchev–Trinajstić information content (AvgIpc) is 2.65. The van der Waals surface area contributed by atoms with Crippen LogP contribution >= 0.6 is 0 Å². The Morgan fingerprint density at radius 3 is 2.29 bits per heavy atom. The summed E-state index contributed by atoms with van der Waals surface area (Å²) in [4.78, 5) is 12.5. The highest BCUT2D eigenvalue weighted by atomic mass is 19.4. The second kappa shape index (κ2) is 8.12. The topological polar surface area (TPSA) is 47.6 Å². The molecular formula is C21H22F3NO3. The van der Waals surface area contributed by atoms with Crippen LogP contribution in [0.1, 0.15) is 36.6 Å². The lowest BCUT2D eigenvalue weighted by molar-refractivity contribution is -0.137. The molecule has 1 amide bonds. The highest BCUT2D eigenvalue weighted by Crippen LogP contribution is 2.34. The van der Waals surface area contributed by atoms with Gasteiger partial charge in [0.1, 0.15) is 13.2 Å². The molecule has 28 heavy (non-hydrogen) atoms. The number of carbonyl (C=O) groups is 1. The van der Waals surface area contributed by atoms with Crippen molar-refractivity contribution in [2.24, 2.45) is 5.92 Å². The molecule has 1 N–H and O–H groups in total. The van der Waals surface area contributed by atoms with Crippen molar-refractivity contribution in [1.29, 1.82) is 0 Å². The van der Waals surface area contributed by atoms with Crippen molar-refractivity contribution in [3.8, 4) is 11.5 Å². The van der Waals surface area contributed by atoms with Crippen LogP contribution < -0.4 is 14.8 Å². The van der Waals surface area contributed by atoms with E-state index in [1.807, 2.05) is 32.0 Å². The molecule has 0 aliphatic carbocycles. The lowest BCUT2D eigenvalue weighted by Crippen LogP contribution is -2.33. The lowest BCUT2D eigenvalue weighted by atomic mass is 9.95. The number of halogens is 3. The van der Waals surface area contributed by atoms with E-state index in [9.17, 15) is 18.0 Å². The number of hydrogen-bond donors (Lipinski definition) is 1. The lowest BCUT2D eigenvalue weighted by Gasteiger charge is -2.25. The number of hydrogen-bond acceptors (Lipinski definition) is 3. The van der Waals surface area contributed by atoms with Gasteiger partial charge < -0.3 is 14.8 Å². The van der Waals surface area contributed by atoms with Crippen molar-refractivity contribution in [3.05, 3.63) is 59.2 Å². The fourth-order valence-corrected chi connectivity index (χ4v) is 3.11. The average molecular weight is 393 g/mol. The first-order chi connectivity index (χ1) is 13.2. The molecule has 0 fully saturated rings. The second-order valence-corrected chi connectivity index (χ2v) is 7.06. The summed E-state index contributed by atoms with van der Waals surface area (Å²) >= 11 is 0. The van der Waals surface area contributed by atoms with E-state index in [-0.39, 0.29) is 24.3 Å². The van der Waals surface area contributed by atoms with Crippen LogP contribution in [-0.2, 0) is 17.4 Å². The monoisotopic (exact) mass is 393 g/mol. The van der Waals surface area contributed by atoms with E-state index >= 15 is 0 Å². The zero-order valence-electron chi connectivity index (χ0n) is 15.7. The summed E-state index contributed by atoms with van der Waals surface area (Å²) in [6, 6.07) is 9.95. The van der Waals surface area contributed by atoms with E-state index in [0.717, 1.165) is 17.7 Å². The van der Waals surface area contributed by atoms with Gasteiger partial charge in [0.2, 0.25) is 5.91 Å². The molecule has 0 radical (unpaired) electrons. The number of carbonyl (C=O) groups excluding carboxylic acids is 1. The molecule has 150 valence electrons. The van der Waals surface area contributed by atoms with E-state index in [1.54, 1.807) is 0 Å². The molecule has 1 unspecified atom stereocenters. The van der Waals surface area contributed by atoms with E-state index in [1.165, 1.54) is 12.1 Å². The highest BCUT2D eigenvalue weighted by Gasteiger charge is 2.30. The van der Waals surface area contributed by atoms with Crippen molar-refractivity contribution in [3.63, 3.8) is 0 Å². The van der Waals surface area contributed by atoms with Crippen molar-refractivity contribution in [2.45, 2.75) is 32.5 Å². The number of nitrogens with one attached hydrogen (secondary N) is 1. The van der Waals surface area contributed by atoms with Crippen LogP contribution in [0, 0.1) is 5.92 Å². The smallest absolute Gasteiger partial charge is 0.416 e. The normalized spacial score (nSPS) is 14.6. The van der Waals surface area contributed by atoms with Crippen molar-refractivity contribution >= 4 is 5.91 Å². The molecule has 0 saturated heterocycles. The van der Waals surface area contributed by atoms with Gasteiger partial charge in [-0.3, -0.25) is 4.79 Å². The minimum Gasteiger partial charge on any atom is -0.486 e. The Morgan fingerprint density at radius 1 is 1.04 bits per heavy atom. The number of amides is 1. The molecule has 3 rings (SSSR count). The minimum absolute atomic E-state index is 0.00586. The van der Waals surface area contributed by atoms with Crippen LogP contribution in [0.15, 0.2) is 42.5 Å². The van der Waals surface area contributed by atoms with Crippen LogP contribution in [0.25, 0.3) is 0 Å². The van der Waals surface area contributed by atoms with Crippen LogP contribution in [0.5, 0.6) is 11.5 Å². The van der Waals surface area contributed by atoms with E-state index in [0.29, 0.717) is 30.3 Å². The van der Waals surface area contributed by atoms with Gasteiger partial charge in [0, 0.05) is 0 Å². The van der Waals surface area contributed by atoms with Crippen molar-refractivity contribution in [1.82, 2.24) is 5.32 Å². The molecule has 4 nitrogen and oxygen atoms in total. The molecule has 0 aromatic heterocycles. The summed E-state index contributed by atoms with van der Waals surface area (Å²) < 4.78 is 49.1. The third-order valence-corrected chi connectivity index (χ3v) is 4.55. The molecule has 2 aromatic rings. The van der Waals surface area contributed by atoms with Crippen molar-refractivity contribution < 1.29 is 27.4 Å². The first-order valence-electron chi connectivity index (χ1n) is 9.09. The predicted octanol–water partition coefficient (Wildman–Crippen LogP) is 4.53. The zero-order valence-corrected chi connectivity index (χ0v) is 15.7. The molecular weight excluding hydrogens is 371 g/mol. The van der Waals surface area contributed by atoms with Gasteiger partial charge in [-0.15, -0.1) is 0 Å². The molecule has 7 heteroatoms. The predicted molar refractivity (Wildman–Crippen MR) is 98.3 cm³/mol. The maximum absolute atomic E-state index is 12.7. The first-order valence-corrected chi connectivity index (χ1v) is 9.09. The Balaban J connectivity index is 1.69. The van der Waals surface area contributed by atoms with E-state index in [2.05, 4.69) is 5.32 Å². The number of benzene rings is 2. The minimum atomic E-state index is -4.39. The number of rotatable bonds is 5. The van der Waals surface area contributed by atoms with Gasteiger partial charge in [-0.05, 0) is 41.3 Å². The summed E-state index contributed by atoms with van der Waals surface area (Å²) in [6.07, 6.45) is -4.38. The molecule has 1 aliphatic rings. The number of fused-ring (bicyclic) bond motifs is 1. The largest absolute Gasteiger partial charge is 0.486 e. The van der Waals surface area contributed by atoms with Gasteiger partial charge in [-0.1, -0.05) is 32.0 Å². The maximum atomic E-state index is 12.7. The van der Waals surface area contributed by atoms with Gasteiger partial charge in [0.15, 0.2) is 11.5 Å². The Hall–Kier alpha value is -2.70. The van der Waals surface area contributed by atoms with Gasteiger partial charge in [0.05, 0.1) is 18.0 Å². The summed E-state index contributed by atoms with van der Waals surface area (Å²) in [5.41, 5.74) is 0.684. The number of ether oxygens (including phenoxy) is 2. The third-order valence-electron chi connectivity index (χ3n) is 4.55. The van der Waals surface area contributed by atoms with Gasteiger partial charge >= 0.3 is 6.18 Å². The van der Waals surface area contributed by atoms with E-state index in [4.69, 9.17) is 9.47 Å². The van der Waals surface area contributed by atoms with E-state index < -0.39 is 11.7 Å². The Morgan fingerprint density at radius 2 is 1.68 bits per heavy atom. The Bertz CT molecular complexity index is 832. The SMILES string of the molecule is CC(C)C(NC(=O)Cc1ccc(C(F)(F)F)cc1)c1ccc2c(c1)OCCO2. The fourth-order valence-electron chi connectivity index (χ4n) is 3.11. The van der Waals surface area contributed by atoms with Crippen molar-refractivity contribution in [2.75, 3.05) is 13.2 Å². The molecule has 0 saturated carbocycles. The van der Waals surface area contributed by atoms with Gasteiger partial charge in [0.25, 0.3) is 0 Å². The van der Waals surface area contributed by atoms with Gasteiger partial charge in [-0.25, -0.2) is 0 Å². The molecule has 0 bridgehead atoms. The number of alkyl halides is 3. The molecule has 1 atom stereocenters. The molecule has 1 aliphatic heterocycles. The highest BCUT2D eigenvalue weighted by molar-refractivity contribution is 5.79. The Kier molecular flexibility index (Phi) is 5.82. The Labute approximate surface area is 161 Å². The van der Waals surface area contributed by atoms with Gasteiger partial charge in [-0.2, -0.15) is 13.2 Å². The maximum Gasteiger partial charge on any atom is 0.416 e. The first kappa shape index (κ1) is 20.0. The van der Waals surface area contributed by atoms with Crippen LogP contribution in [-0.4, -0.2) is 19.1 Å². The van der Waals surface area contributed by atoms with Crippen LogP contribution in [0.2, 0.25) is 0 Å². The molecule has 2 aromatic carbocycles. The zero-order chi connectivity index (χ0) is 20.3. The standard InChI is InChI=1S/C21H22F3NO3/c1-13(2)20(15-5-8-17-18(12-15)28-10-9-27-17)25-19(26)11-14-3-6-16(7-4-14)21(22,23)24/h3-8,12-13,20H,9-11H2,1-2H3,(H,25,26). The molecule has 0 spiro atoms. The summed E-state index contributed by atoms with van der Waals surface area (Å²) in [5, 5.41) is 2.98. The second-order valence-electron chi connectivity index (χ2n) is 7.06. The third kappa shape index (κ3) is 4.77. The quantitative estimate of drug-likeness (QED) is 0.812. The molecule has 1 heterocycles. The van der Waals surface area contributed by atoms with Crippen LogP contribution in [0.4, 0.5) is 13.2 Å². The summed E-state index contributed by atoms with van der Waals surface area (Å²) in [6.45, 7) is 4.95. The summed E-state index contributed by atoms with van der Waals surface area (Å²) in [7, 11) is 0. The van der Waals surface area contributed by atoms with Crippen LogP contribution in [0.3, 0.4) is 0 Å². The fraction of sp³-hybridized carbons (Fsp3) is 0.381. The summed E-state index contributed by atoms with van der Waals surface area (Å²) in [5.74, 6) is 1.17.